The topological polar surface area (TPSA) is 76.4 Å². The Morgan fingerprint density at radius 1 is 1.09 bits per heavy atom. The van der Waals surface area contributed by atoms with Gasteiger partial charge in [0.1, 0.15) is 0 Å². The Bertz CT molecular complexity index is 708. The molecule has 6 nitrogen and oxygen atoms in total. The molecule has 1 atom stereocenters. The molecule has 1 aliphatic carbocycles. The van der Waals surface area contributed by atoms with Gasteiger partial charge >= 0.3 is 6.03 Å². The predicted octanol–water partition coefficient (Wildman–Crippen LogP) is 4.35. The minimum atomic E-state index is -3.07. The quantitative estimate of drug-likeness (QED) is 0.564. The van der Waals surface area contributed by atoms with Crippen LogP contribution < -0.4 is 5.32 Å². The van der Waals surface area contributed by atoms with Gasteiger partial charge in [-0.1, -0.05) is 13.3 Å². The largest absolute Gasteiger partial charge is 0.328 e. The van der Waals surface area contributed by atoms with E-state index in [2.05, 4.69) is 23.2 Å². The number of carbonyl (C=O) groups is 2. The van der Waals surface area contributed by atoms with Crippen LogP contribution in [0.3, 0.4) is 0 Å². The lowest BCUT2D eigenvalue weighted by molar-refractivity contribution is -0.124. The van der Waals surface area contributed by atoms with E-state index in [1.165, 1.54) is 12.8 Å². The molecule has 2 aliphatic heterocycles. The van der Waals surface area contributed by atoms with Gasteiger partial charge in [-0.3, -0.25) is 4.79 Å². The van der Waals surface area contributed by atoms with Crippen LogP contribution in [0, 0.1) is 22.2 Å². The van der Waals surface area contributed by atoms with Crippen LogP contribution in [0.15, 0.2) is 0 Å². The molecule has 180 valence electrons. The molecule has 8 heteroatoms. The highest BCUT2D eigenvalue weighted by molar-refractivity contribution is 5.89. The van der Waals surface area contributed by atoms with Crippen LogP contribution in [0.1, 0.15) is 78.1 Å². The second-order valence-electron chi connectivity index (χ2n) is 10.5. The summed E-state index contributed by atoms with van der Waals surface area (Å²) in [5, 5.41) is 11.8. The molecule has 0 radical (unpaired) electrons. The lowest BCUT2D eigenvalue weighted by Crippen LogP contribution is -2.54. The lowest BCUT2D eigenvalue weighted by Gasteiger charge is -2.47. The van der Waals surface area contributed by atoms with Crippen molar-refractivity contribution in [1.29, 1.82) is 5.26 Å². The maximum Gasteiger partial charge on any atom is 0.317 e. The van der Waals surface area contributed by atoms with Gasteiger partial charge in [0.2, 0.25) is 5.92 Å². The van der Waals surface area contributed by atoms with Crippen molar-refractivity contribution in [2.24, 2.45) is 10.8 Å². The number of urea groups is 1. The summed E-state index contributed by atoms with van der Waals surface area (Å²) in [6.07, 6.45) is 6.99. The second-order valence-corrected chi connectivity index (χ2v) is 10.5. The summed E-state index contributed by atoms with van der Waals surface area (Å²) in [5.41, 5.74) is -0.442. The molecule has 2 amide bonds. The van der Waals surface area contributed by atoms with E-state index < -0.39 is 35.6 Å². The molecule has 0 aromatic heterocycles. The number of nitriles is 1. The number of halogens is 2. The van der Waals surface area contributed by atoms with Crippen LogP contribution in [0.5, 0.6) is 0 Å². The number of nitrogens with one attached hydrogen (secondary N) is 1. The maximum absolute atomic E-state index is 13.7. The molecule has 1 saturated carbocycles. The van der Waals surface area contributed by atoms with Crippen molar-refractivity contribution in [3.63, 3.8) is 0 Å². The van der Waals surface area contributed by atoms with Crippen molar-refractivity contribution in [3.05, 3.63) is 0 Å². The minimum absolute atomic E-state index is 0.0673. The standard InChI is InChI=1S/C24H38F2N4O2/c1-3-4-11-29-12-7-23(8-13-29)9-14-30(15-10-23)21(32)28-19(16-22(2,25)26)20(31)17-24(18-27)5-6-24/h19H,3-17H2,1-2H3,(H,28,32)/t19-/m0/s1. The van der Waals surface area contributed by atoms with Gasteiger partial charge in [-0.15, -0.1) is 0 Å². The number of amides is 2. The SMILES string of the molecule is CCCCN1CCC2(CC1)CCN(C(=O)N[C@@H](CC(C)(F)F)C(=O)CC1(C#N)CC1)CC2. The van der Waals surface area contributed by atoms with Crippen LogP contribution in [-0.2, 0) is 4.79 Å². The molecule has 2 heterocycles. The van der Waals surface area contributed by atoms with Crippen molar-refractivity contribution in [1.82, 2.24) is 15.1 Å². The summed E-state index contributed by atoms with van der Waals surface area (Å²) < 4.78 is 27.4. The van der Waals surface area contributed by atoms with E-state index in [1.807, 2.05) is 0 Å². The normalized spacial score (nSPS) is 23.4. The van der Waals surface area contributed by atoms with E-state index in [0.29, 0.717) is 25.9 Å². The zero-order valence-electron chi connectivity index (χ0n) is 19.6. The summed E-state index contributed by atoms with van der Waals surface area (Å²) in [7, 11) is 0. The molecular weight excluding hydrogens is 414 g/mol. The van der Waals surface area contributed by atoms with Gasteiger partial charge in [0.25, 0.3) is 0 Å². The Hall–Kier alpha value is -1.75. The Morgan fingerprint density at radius 2 is 1.69 bits per heavy atom. The fraction of sp³-hybridized carbons (Fsp3) is 0.875. The smallest absolute Gasteiger partial charge is 0.317 e. The monoisotopic (exact) mass is 452 g/mol. The summed E-state index contributed by atoms with van der Waals surface area (Å²) in [5.74, 6) is -3.54. The lowest BCUT2D eigenvalue weighted by atomic mass is 9.71. The molecule has 0 aromatic carbocycles. The van der Waals surface area contributed by atoms with Gasteiger partial charge in [-0.25, -0.2) is 13.6 Å². The molecule has 1 spiro atoms. The number of alkyl halides is 2. The van der Waals surface area contributed by atoms with E-state index in [4.69, 9.17) is 0 Å². The number of unbranched alkanes of at least 4 members (excludes halogenated alkanes) is 1. The molecule has 32 heavy (non-hydrogen) atoms. The van der Waals surface area contributed by atoms with Gasteiger partial charge in [0.05, 0.1) is 17.5 Å². The van der Waals surface area contributed by atoms with Crippen LogP contribution in [0.25, 0.3) is 0 Å². The fourth-order valence-electron chi connectivity index (χ4n) is 5.10. The highest BCUT2D eigenvalue weighted by Crippen LogP contribution is 2.48. The number of carbonyl (C=O) groups excluding carboxylic acids is 2. The van der Waals surface area contributed by atoms with Gasteiger partial charge in [-0.05, 0) is 76.9 Å². The van der Waals surface area contributed by atoms with Crippen LogP contribution in [0.4, 0.5) is 13.6 Å². The zero-order valence-corrected chi connectivity index (χ0v) is 19.6. The second kappa shape index (κ2) is 10.0. The van der Waals surface area contributed by atoms with E-state index in [-0.39, 0.29) is 11.8 Å². The molecule has 3 aliphatic rings. The fourth-order valence-corrected chi connectivity index (χ4v) is 5.10. The van der Waals surface area contributed by atoms with Gasteiger partial charge in [0.15, 0.2) is 5.78 Å². The number of hydrogen-bond acceptors (Lipinski definition) is 4. The summed E-state index contributed by atoms with van der Waals surface area (Å²) in [6.45, 7) is 7.52. The highest BCUT2D eigenvalue weighted by atomic mass is 19.3. The first-order valence-corrected chi connectivity index (χ1v) is 12.2. The third kappa shape index (κ3) is 6.63. The van der Waals surface area contributed by atoms with Crippen LogP contribution >= 0.6 is 0 Å². The van der Waals surface area contributed by atoms with Crippen molar-refractivity contribution >= 4 is 11.8 Å². The van der Waals surface area contributed by atoms with Crippen molar-refractivity contribution in [2.75, 3.05) is 32.7 Å². The maximum atomic E-state index is 13.7. The first-order valence-electron chi connectivity index (χ1n) is 12.2. The number of nitrogens with zero attached hydrogens (tertiary/aromatic N) is 3. The third-order valence-electron chi connectivity index (χ3n) is 7.71. The van der Waals surface area contributed by atoms with Gasteiger partial charge < -0.3 is 15.1 Å². The number of hydrogen-bond donors (Lipinski definition) is 1. The van der Waals surface area contributed by atoms with Crippen molar-refractivity contribution in [3.8, 4) is 6.07 Å². The molecule has 2 saturated heterocycles. The van der Waals surface area contributed by atoms with Crippen LogP contribution in [-0.4, -0.2) is 66.3 Å². The van der Waals surface area contributed by atoms with E-state index in [0.717, 1.165) is 52.2 Å². The van der Waals surface area contributed by atoms with Gasteiger partial charge in [-0.2, -0.15) is 5.26 Å². The first-order chi connectivity index (χ1) is 15.1. The Balaban J connectivity index is 1.51. The number of Topliss-reactive ketones (excluding diaryl/α,β-unsaturated/α-hetero) is 1. The van der Waals surface area contributed by atoms with E-state index >= 15 is 0 Å². The zero-order chi connectivity index (χ0) is 23.4. The Labute approximate surface area is 190 Å². The predicted molar refractivity (Wildman–Crippen MR) is 118 cm³/mol. The minimum Gasteiger partial charge on any atom is -0.328 e. The molecular formula is C24H38F2N4O2. The van der Waals surface area contributed by atoms with Crippen LogP contribution in [0.2, 0.25) is 0 Å². The third-order valence-corrected chi connectivity index (χ3v) is 7.71. The molecule has 0 aromatic rings. The molecule has 0 unspecified atom stereocenters. The van der Waals surface area contributed by atoms with E-state index in [9.17, 15) is 23.6 Å². The number of likely N-dealkylation sites (tertiary alicyclic amines) is 2. The summed E-state index contributed by atoms with van der Waals surface area (Å²) in [6, 6.07) is 0.431. The average Bonchev–Trinajstić information content (AvgIpc) is 3.52. The summed E-state index contributed by atoms with van der Waals surface area (Å²) >= 11 is 0. The Morgan fingerprint density at radius 3 is 2.19 bits per heavy atom. The van der Waals surface area contributed by atoms with Crippen molar-refractivity contribution < 1.29 is 18.4 Å². The number of rotatable bonds is 9. The van der Waals surface area contributed by atoms with E-state index in [1.54, 1.807) is 4.90 Å². The highest BCUT2D eigenvalue weighted by Gasteiger charge is 2.47. The Kier molecular flexibility index (Phi) is 7.80. The number of piperidine rings is 2. The van der Waals surface area contributed by atoms with Gasteiger partial charge in [0, 0.05) is 25.9 Å². The molecule has 3 rings (SSSR count). The summed E-state index contributed by atoms with van der Waals surface area (Å²) in [4.78, 5) is 29.7. The molecule has 0 bridgehead atoms. The van der Waals surface area contributed by atoms with Crippen molar-refractivity contribution in [2.45, 2.75) is 90.0 Å². The number of ketones is 1. The first kappa shape index (κ1) is 24.9. The average molecular weight is 453 g/mol. The molecule has 3 fully saturated rings. The molecule has 1 N–H and O–H groups in total.